The van der Waals surface area contributed by atoms with E-state index >= 15 is 0 Å². The van der Waals surface area contributed by atoms with Crippen LogP contribution in [0.2, 0.25) is 5.02 Å². The van der Waals surface area contributed by atoms with Crippen LogP contribution in [-0.2, 0) is 11.2 Å². The van der Waals surface area contributed by atoms with Gasteiger partial charge in [0, 0.05) is 6.20 Å². The molecule has 0 aromatic carbocycles. The third kappa shape index (κ3) is 2.46. The smallest absolute Gasteiger partial charge is 0.223 e. The predicted molar refractivity (Wildman–Crippen MR) is 49.8 cm³/mol. The van der Waals surface area contributed by atoms with Crippen LogP contribution in [-0.4, -0.2) is 10.9 Å². The fourth-order valence-electron chi connectivity index (χ4n) is 0.729. The molecule has 0 saturated carbocycles. The highest BCUT2D eigenvalue weighted by Gasteiger charge is 2.02. The largest absolute Gasteiger partial charge is 0.369 e. The van der Waals surface area contributed by atoms with Gasteiger partial charge in [-0.3, -0.25) is 9.78 Å². The van der Waals surface area contributed by atoms with Crippen LogP contribution < -0.4 is 5.73 Å². The number of halogens is 2. The summed E-state index contributed by atoms with van der Waals surface area (Å²) in [6, 6.07) is 1.61. The maximum absolute atomic E-state index is 10.5. The van der Waals surface area contributed by atoms with Crippen molar-refractivity contribution in [1.29, 1.82) is 0 Å². The molecule has 0 bridgehead atoms. The lowest BCUT2D eigenvalue weighted by Gasteiger charge is -1.98. The average Bonchev–Trinajstić information content (AvgIpc) is 1.96. The molecule has 0 fully saturated rings. The normalized spacial score (nSPS) is 9.83. The first-order chi connectivity index (χ1) is 5.59. The van der Waals surface area contributed by atoms with Crippen LogP contribution in [0.3, 0.4) is 0 Å². The Kier molecular flexibility index (Phi) is 3.05. The first kappa shape index (κ1) is 9.48. The Morgan fingerprint density at radius 3 is 2.92 bits per heavy atom. The van der Waals surface area contributed by atoms with E-state index in [9.17, 15) is 4.79 Å². The van der Waals surface area contributed by atoms with Crippen LogP contribution in [0.25, 0.3) is 0 Å². The highest BCUT2D eigenvalue weighted by atomic mass is 79.9. The summed E-state index contributed by atoms with van der Waals surface area (Å²) in [5.74, 6) is -0.416. The standard InChI is InChI=1S/C7H6BrClN2O/c8-5-3-11-4(1-6(5)9)2-7(10)12/h1,3H,2H2,(H2,10,12). The van der Waals surface area contributed by atoms with Crippen LogP contribution in [0.1, 0.15) is 5.69 Å². The summed E-state index contributed by atoms with van der Waals surface area (Å²) in [6.07, 6.45) is 1.66. The number of amides is 1. The zero-order valence-corrected chi connectivity index (χ0v) is 8.39. The van der Waals surface area contributed by atoms with Gasteiger partial charge in [-0.15, -0.1) is 0 Å². The lowest BCUT2D eigenvalue weighted by atomic mass is 10.3. The van der Waals surface area contributed by atoms with E-state index in [0.717, 1.165) is 0 Å². The number of nitrogens with zero attached hydrogens (tertiary/aromatic N) is 1. The molecule has 1 rings (SSSR count). The number of primary amides is 1. The fraction of sp³-hybridized carbons (Fsp3) is 0.143. The Labute approximate surface area is 83.1 Å². The van der Waals surface area contributed by atoms with Gasteiger partial charge in [0.1, 0.15) is 0 Å². The first-order valence-corrected chi connectivity index (χ1v) is 4.35. The Balaban J connectivity index is 2.89. The van der Waals surface area contributed by atoms with Crippen LogP contribution in [0.15, 0.2) is 16.7 Å². The van der Waals surface area contributed by atoms with Crippen LogP contribution in [0.5, 0.6) is 0 Å². The molecule has 1 aromatic rings. The molecule has 0 aliphatic rings. The summed E-state index contributed by atoms with van der Waals surface area (Å²) >= 11 is 8.94. The number of aromatic nitrogens is 1. The second kappa shape index (κ2) is 3.87. The second-order valence-electron chi connectivity index (χ2n) is 2.23. The van der Waals surface area contributed by atoms with Crippen molar-refractivity contribution < 1.29 is 4.79 Å². The molecule has 0 atom stereocenters. The van der Waals surface area contributed by atoms with Crippen LogP contribution in [0, 0.1) is 0 Å². The van der Waals surface area contributed by atoms with Crippen LogP contribution >= 0.6 is 27.5 Å². The van der Waals surface area contributed by atoms with E-state index in [-0.39, 0.29) is 6.42 Å². The first-order valence-electron chi connectivity index (χ1n) is 3.18. The van der Waals surface area contributed by atoms with Crippen molar-refractivity contribution in [3.63, 3.8) is 0 Å². The van der Waals surface area contributed by atoms with Crippen molar-refractivity contribution in [1.82, 2.24) is 4.98 Å². The van der Waals surface area contributed by atoms with Gasteiger partial charge in [-0.1, -0.05) is 11.6 Å². The summed E-state index contributed by atoms with van der Waals surface area (Å²) in [7, 11) is 0. The molecule has 1 amide bonds. The molecule has 1 heterocycles. The predicted octanol–water partition coefficient (Wildman–Crippen LogP) is 1.53. The summed E-state index contributed by atoms with van der Waals surface area (Å²) < 4.78 is 0.706. The second-order valence-corrected chi connectivity index (χ2v) is 3.49. The van der Waals surface area contributed by atoms with Gasteiger partial charge in [0.2, 0.25) is 5.91 Å². The Hall–Kier alpha value is -0.610. The Bertz CT molecular complexity index is 316. The van der Waals surface area contributed by atoms with Gasteiger partial charge < -0.3 is 5.73 Å². The van der Waals surface area contributed by atoms with Crippen molar-refractivity contribution in [3.8, 4) is 0 Å². The molecular weight excluding hydrogens is 243 g/mol. The highest BCUT2D eigenvalue weighted by Crippen LogP contribution is 2.21. The number of carbonyl (C=O) groups is 1. The molecule has 12 heavy (non-hydrogen) atoms. The van der Waals surface area contributed by atoms with E-state index in [0.29, 0.717) is 15.2 Å². The average molecular weight is 249 g/mol. The zero-order valence-electron chi connectivity index (χ0n) is 6.05. The molecular formula is C7H6BrClN2O. The lowest BCUT2D eigenvalue weighted by Crippen LogP contribution is -2.14. The molecule has 1 aromatic heterocycles. The van der Waals surface area contributed by atoms with Gasteiger partial charge >= 0.3 is 0 Å². The molecule has 2 N–H and O–H groups in total. The summed E-state index contributed by atoms with van der Waals surface area (Å²) in [6.45, 7) is 0. The molecule has 0 spiro atoms. The summed E-state index contributed by atoms with van der Waals surface area (Å²) in [4.78, 5) is 14.4. The maximum Gasteiger partial charge on any atom is 0.223 e. The molecule has 64 valence electrons. The monoisotopic (exact) mass is 248 g/mol. The summed E-state index contributed by atoms with van der Waals surface area (Å²) in [5.41, 5.74) is 5.56. The molecule has 0 saturated heterocycles. The third-order valence-electron chi connectivity index (χ3n) is 1.22. The molecule has 0 aliphatic heterocycles. The van der Waals surface area contributed by atoms with Crippen LogP contribution in [0.4, 0.5) is 0 Å². The minimum atomic E-state index is -0.416. The van der Waals surface area contributed by atoms with Crippen molar-refractivity contribution in [2.45, 2.75) is 6.42 Å². The van der Waals surface area contributed by atoms with E-state index in [2.05, 4.69) is 20.9 Å². The number of pyridine rings is 1. The molecule has 0 unspecified atom stereocenters. The van der Waals surface area contributed by atoms with E-state index < -0.39 is 5.91 Å². The third-order valence-corrected chi connectivity index (χ3v) is 2.39. The van der Waals surface area contributed by atoms with E-state index in [1.54, 1.807) is 12.3 Å². The van der Waals surface area contributed by atoms with E-state index in [4.69, 9.17) is 17.3 Å². The van der Waals surface area contributed by atoms with Crippen molar-refractivity contribution in [2.24, 2.45) is 5.73 Å². The number of nitrogens with two attached hydrogens (primary N) is 1. The van der Waals surface area contributed by atoms with Gasteiger partial charge in [-0.05, 0) is 22.0 Å². The zero-order chi connectivity index (χ0) is 9.14. The minimum Gasteiger partial charge on any atom is -0.369 e. The Morgan fingerprint density at radius 2 is 2.42 bits per heavy atom. The molecule has 3 nitrogen and oxygen atoms in total. The highest BCUT2D eigenvalue weighted by molar-refractivity contribution is 9.10. The van der Waals surface area contributed by atoms with Gasteiger partial charge in [-0.2, -0.15) is 0 Å². The lowest BCUT2D eigenvalue weighted by molar-refractivity contribution is -0.117. The number of carbonyl (C=O) groups excluding carboxylic acids is 1. The van der Waals surface area contributed by atoms with Gasteiger partial charge in [0.15, 0.2) is 0 Å². The molecule has 0 aliphatic carbocycles. The van der Waals surface area contributed by atoms with Gasteiger partial charge in [0.25, 0.3) is 0 Å². The maximum atomic E-state index is 10.5. The minimum absolute atomic E-state index is 0.118. The fourth-order valence-corrected chi connectivity index (χ4v) is 1.12. The van der Waals surface area contributed by atoms with Gasteiger partial charge in [-0.25, -0.2) is 0 Å². The number of hydrogen-bond donors (Lipinski definition) is 1. The molecule has 5 heteroatoms. The van der Waals surface area contributed by atoms with E-state index in [1.807, 2.05) is 0 Å². The molecule has 0 radical (unpaired) electrons. The SMILES string of the molecule is NC(=O)Cc1cc(Cl)c(Br)cn1. The van der Waals surface area contributed by atoms with Gasteiger partial charge in [0.05, 0.1) is 21.6 Å². The number of rotatable bonds is 2. The van der Waals surface area contributed by atoms with Crippen molar-refractivity contribution in [3.05, 3.63) is 27.5 Å². The van der Waals surface area contributed by atoms with E-state index in [1.165, 1.54) is 0 Å². The summed E-state index contributed by atoms with van der Waals surface area (Å²) in [5, 5.41) is 0.529. The van der Waals surface area contributed by atoms with Crippen molar-refractivity contribution in [2.75, 3.05) is 0 Å². The Morgan fingerprint density at radius 1 is 1.75 bits per heavy atom. The topological polar surface area (TPSA) is 56.0 Å². The van der Waals surface area contributed by atoms with Crippen molar-refractivity contribution >= 4 is 33.4 Å². The number of hydrogen-bond acceptors (Lipinski definition) is 2. The quantitative estimate of drug-likeness (QED) is 0.864.